The number of thioether (sulfide) groups is 1. The van der Waals surface area contributed by atoms with Crippen LogP contribution >= 0.6 is 11.8 Å². The van der Waals surface area contributed by atoms with E-state index >= 15 is 0 Å². The number of aromatic nitrogens is 1. The Bertz CT molecular complexity index is 1060. The van der Waals surface area contributed by atoms with Crippen molar-refractivity contribution in [3.8, 4) is 5.75 Å². The number of fused-ring (bicyclic) bond motifs is 1. The molecule has 0 saturated heterocycles. The number of pyridine rings is 1. The van der Waals surface area contributed by atoms with E-state index in [2.05, 4.69) is 10.3 Å². The van der Waals surface area contributed by atoms with E-state index < -0.39 is 0 Å². The fourth-order valence-electron chi connectivity index (χ4n) is 3.10. The molecule has 0 radical (unpaired) electrons. The van der Waals surface area contributed by atoms with E-state index in [4.69, 9.17) is 4.74 Å². The van der Waals surface area contributed by atoms with Crippen LogP contribution in [0.15, 0.2) is 53.6 Å². The zero-order valence-electron chi connectivity index (χ0n) is 17.7. The molecule has 6 heteroatoms. The highest BCUT2D eigenvalue weighted by Gasteiger charge is 2.11. The Morgan fingerprint density at radius 1 is 1.10 bits per heavy atom. The van der Waals surface area contributed by atoms with Gasteiger partial charge in [-0.25, -0.2) is 4.98 Å². The molecule has 5 nitrogen and oxygen atoms in total. The maximum absolute atomic E-state index is 12.6. The number of nitrogens with zero attached hydrogens (tertiary/aromatic N) is 1. The van der Waals surface area contributed by atoms with Crippen LogP contribution in [0.5, 0.6) is 5.75 Å². The first-order valence-electron chi connectivity index (χ1n) is 9.87. The van der Waals surface area contributed by atoms with E-state index in [0.717, 1.165) is 27.2 Å². The topological polar surface area (TPSA) is 68.3 Å². The second-order valence-corrected chi connectivity index (χ2v) is 8.59. The normalized spacial score (nSPS) is 11.0. The number of ether oxygens (including phenoxy) is 1. The Morgan fingerprint density at radius 3 is 2.50 bits per heavy atom. The molecule has 0 aliphatic carbocycles. The van der Waals surface area contributed by atoms with Crippen LogP contribution in [0.1, 0.15) is 36.2 Å². The van der Waals surface area contributed by atoms with Crippen LogP contribution in [-0.2, 0) is 4.79 Å². The number of anilines is 1. The van der Waals surface area contributed by atoms with Crippen molar-refractivity contribution >= 4 is 40.0 Å². The maximum atomic E-state index is 12.6. The van der Waals surface area contributed by atoms with Gasteiger partial charge in [0.25, 0.3) is 0 Å². The van der Waals surface area contributed by atoms with Crippen molar-refractivity contribution in [3.05, 3.63) is 59.7 Å². The summed E-state index contributed by atoms with van der Waals surface area (Å²) in [6.45, 7) is 6.04. The van der Waals surface area contributed by atoms with Crippen molar-refractivity contribution in [3.63, 3.8) is 0 Å². The van der Waals surface area contributed by atoms with Gasteiger partial charge >= 0.3 is 0 Å². The first-order chi connectivity index (χ1) is 14.4. The molecule has 0 bridgehead atoms. The van der Waals surface area contributed by atoms with E-state index in [9.17, 15) is 9.59 Å². The molecule has 0 unspecified atom stereocenters. The average Bonchev–Trinajstić information content (AvgIpc) is 2.71. The number of carbonyl (C=O) groups is 2. The van der Waals surface area contributed by atoms with Crippen LogP contribution in [-0.4, -0.2) is 29.5 Å². The number of Topliss-reactive ketones (excluding diaryl/α,β-unsaturated/α-hetero) is 1. The summed E-state index contributed by atoms with van der Waals surface area (Å²) in [6, 6.07) is 14.8. The molecule has 1 heterocycles. The Morgan fingerprint density at radius 2 is 1.83 bits per heavy atom. The fraction of sp³-hybridized carbons (Fsp3) is 0.292. The van der Waals surface area contributed by atoms with Crippen LogP contribution < -0.4 is 10.1 Å². The standard InChI is InChI=1S/C24H26N2O3S/c1-15(2)11-23(28)25-18-7-5-17(6-8-18)22(27)14-30-24-12-16(3)20-10-9-19(29-4)13-21(20)26-24/h5-10,12-13,15H,11,14H2,1-4H3,(H,25,28). The molecule has 1 aromatic heterocycles. The zero-order chi connectivity index (χ0) is 21.7. The minimum atomic E-state index is -0.0194. The first kappa shape index (κ1) is 21.8. The molecule has 2 aromatic carbocycles. The lowest BCUT2D eigenvalue weighted by Gasteiger charge is -2.09. The molecule has 156 valence electrons. The smallest absolute Gasteiger partial charge is 0.224 e. The predicted molar refractivity (Wildman–Crippen MR) is 123 cm³/mol. The van der Waals surface area contributed by atoms with E-state index in [1.165, 1.54) is 11.8 Å². The molecular formula is C24H26N2O3S. The number of amides is 1. The molecule has 0 atom stereocenters. The van der Waals surface area contributed by atoms with Crippen LogP contribution in [0, 0.1) is 12.8 Å². The Labute approximate surface area is 181 Å². The highest BCUT2D eigenvalue weighted by Crippen LogP contribution is 2.27. The number of nitrogens with one attached hydrogen (secondary N) is 1. The van der Waals surface area contributed by atoms with Gasteiger partial charge < -0.3 is 10.1 Å². The van der Waals surface area contributed by atoms with Gasteiger partial charge in [0.15, 0.2) is 5.78 Å². The van der Waals surface area contributed by atoms with E-state index in [0.29, 0.717) is 29.3 Å². The molecule has 30 heavy (non-hydrogen) atoms. The molecule has 0 spiro atoms. The van der Waals surface area contributed by atoms with Gasteiger partial charge in [0, 0.05) is 29.1 Å². The Balaban J connectivity index is 1.64. The molecule has 1 N–H and O–H groups in total. The van der Waals surface area contributed by atoms with Crippen molar-refractivity contribution in [1.82, 2.24) is 4.98 Å². The number of aryl methyl sites for hydroxylation is 1. The number of benzene rings is 2. The summed E-state index contributed by atoms with van der Waals surface area (Å²) in [7, 11) is 1.63. The van der Waals surface area contributed by atoms with Crippen LogP contribution in [0.4, 0.5) is 5.69 Å². The summed E-state index contributed by atoms with van der Waals surface area (Å²) >= 11 is 1.42. The number of hydrogen-bond acceptors (Lipinski definition) is 5. The first-order valence-corrected chi connectivity index (χ1v) is 10.9. The quantitative estimate of drug-likeness (QED) is 0.383. The lowest BCUT2D eigenvalue weighted by molar-refractivity contribution is -0.116. The van der Waals surface area contributed by atoms with Gasteiger partial charge in [-0.15, -0.1) is 0 Å². The van der Waals surface area contributed by atoms with Crippen molar-refractivity contribution in [2.75, 3.05) is 18.2 Å². The van der Waals surface area contributed by atoms with Gasteiger partial charge in [0.1, 0.15) is 5.75 Å². The number of rotatable bonds is 8. The number of methoxy groups -OCH3 is 1. The van der Waals surface area contributed by atoms with E-state index in [1.54, 1.807) is 31.4 Å². The van der Waals surface area contributed by atoms with Crippen LogP contribution in [0.25, 0.3) is 10.9 Å². The van der Waals surface area contributed by atoms with Gasteiger partial charge in [-0.2, -0.15) is 0 Å². The van der Waals surface area contributed by atoms with Gasteiger partial charge in [-0.05, 0) is 60.9 Å². The third-order valence-corrected chi connectivity index (χ3v) is 5.55. The second kappa shape index (κ2) is 9.76. The Kier molecular flexibility index (Phi) is 7.11. The molecular weight excluding hydrogens is 396 g/mol. The van der Waals surface area contributed by atoms with Gasteiger partial charge in [0.05, 0.1) is 23.4 Å². The summed E-state index contributed by atoms with van der Waals surface area (Å²) in [5.74, 6) is 1.35. The average molecular weight is 423 g/mol. The molecule has 0 aliphatic rings. The molecule has 3 aromatic rings. The fourth-order valence-corrected chi connectivity index (χ4v) is 3.97. The number of ketones is 1. The Hall–Kier alpha value is -2.86. The van der Waals surface area contributed by atoms with Crippen LogP contribution in [0.2, 0.25) is 0 Å². The van der Waals surface area contributed by atoms with Crippen molar-refractivity contribution in [2.45, 2.75) is 32.2 Å². The van der Waals surface area contributed by atoms with Crippen LogP contribution in [0.3, 0.4) is 0 Å². The lowest BCUT2D eigenvalue weighted by atomic mass is 10.1. The van der Waals surface area contributed by atoms with Gasteiger partial charge in [0.2, 0.25) is 5.91 Å². The second-order valence-electron chi connectivity index (χ2n) is 7.60. The highest BCUT2D eigenvalue weighted by molar-refractivity contribution is 7.99. The van der Waals surface area contributed by atoms with Crippen molar-refractivity contribution in [1.29, 1.82) is 0 Å². The molecule has 1 amide bonds. The maximum Gasteiger partial charge on any atom is 0.224 e. The summed E-state index contributed by atoms with van der Waals surface area (Å²) in [5.41, 5.74) is 3.28. The molecule has 0 aliphatic heterocycles. The number of carbonyl (C=O) groups excluding carboxylic acids is 2. The summed E-state index contributed by atoms with van der Waals surface area (Å²) in [6.07, 6.45) is 0.474. The summed E-state index contributed by atoms with van der Waals surface area (Å²) in [4.78, 5) is 29.1. The molecule has 3 rings (SSSR count). The monoisotopic (exact) mass is 422 g/mol. The third kappa shape index (κ3) is 5.60. The number of hydrogen-bond donors (Lipinski definition) is 1. The molecule has 0 saturated carbocycles. The van der Waals surface area contributed by atoms with Crippen molar-refractivity contribution < 1.29 is 14.3 Å². The largest absolute Gasteiger partial charge is 0.497 e. The van der Waals surface area contributed by atoms with E-state index in [-0.39, 0.29) is 11.7 Å². The van der Waals surface area contributed by atoms with Crippen molar-refractivity contribution in [2.24, 2.45) is 5.92 Å². The van der Waals surface area contributed by atoms with E-state index in [1.807, 2.05) is 45.0 Å². The lowest BCUT2D eigenvalue weighted by Crippen LogP contribution is -2.14. The summed E-state index contributed by atoms with van der Waals surface area (Å²) in [5, 5.41) is 4.73. The SMILES string of the molecule is COc1ccc2c(C)cc(SCC(=O)c3ccc(NC(=O)CC(C)C)cc3)nc2c1. The van der Waals surface area contributed by atoms with Gasteiger partial charge in [-0.1, -0.05) is 25.6 Å². The minimum absolute atomic E-state index is 0.0187. The van der Waals surface area contributed by atoms with Gasteiger partial charge in [-0.3, -0.25) is 9.59 Å². The zero-order valence-corrected chi connectivity index (χ0v) is 18.5. The predicted octanol–water partition coefficient (Wildman–Crippen LogP) is 5.51. The summed E-state index contributed by atoms with van der Waals surface area (Å²) < 4.78 is 5.28. The third-order valence-electron chi connectivity index (χ3n) is 4.64. The molecule has 0 fully saturated rings. The highest BCUT2D eigenvalue weighted by atomic mass is 32.2. The minimum Gasteiger partial charge on any atom is -0.497 e.